The minimum absolute atomic E-state index is 0.0172. The van der Waals surface area contributed by atoms with Crippen molar-refractivity contribution in [2.75, 3.05) is 14.2 Å². The molecule has 0 heterocycles. The minimum Gasteiger partial charge on any atom is -0.469 e. The van der Waals surface area contributed by atoms with E-state index in [0.717, 1.165) is 0 Å². The topological polar surface area (TPSA) is 86.7 Å². The van der Waals surface area contributed by atoms with Gasteiger partial charge in [-0.2, -0.15) is 0 Å². The van der Waals surface area contributed by atoms with Crippen LogP contribution in [0, 0.1) is 0 Å². The molecule has 0 saturated heterocycles. The molecule has 0 fully saturated rings. The summed E-state index contributed by atoms with van der Waals surface area (Å²) in [6, 6.07) is 0. The van der Waals surface area contributed by atoms with Crippen molar-refractivity contribution < 1.29 is 28.7 Å². The molecule has 0 aliphatic heterocycles. The molecule has 0 atom stereocenters. The van der Waals surface area contributed by atoms with Crippen LogP contribution < -0.4 is 0 Å². The SMILES string of the molecule is COC(=O)CCC(=O)CC(=O)CCC(=O)OC. The highest BCUT2D eigenvalue weighted by atomic mass is 16.5. The fourth-order valence-corrected chi connectivity index (χ4v) is 1.08. The number of methoxy groups -OCH3 is 2. The van der Waals surface area contributed by atoms with Crippen LogP contribution in [0.2, 0.25) is 0 Å². The highest BCUT2D eigenvalue weighted by Gasteiger charge is 2.13. The van der Waals surface area contributed by atoms with Gasteiger partial charge in [0, 0.05) is 12.8 Å². The number of hydrogen-bond acceptors (Lipinski definition) is 6. The molecule has 6 nitrogen and oxygen atoms in total. The van der Waals surface area contributed by atoms with Crippen molar-refractivity contribution in [1.29, 1.82) is 0 Å². The second-order valence-electron chi connectivity index (χ2n) is 3.41. The summed E-state index contributed by atoms with van der Waals surface area (Å²) in [5.41, 5.74) is 0. The molecule has 0 N–H and O–H groups in total. The maximum absolute atomic E-state index is 11.2. The first-order chi connectivity index (χ1) is 7.99. The van der Waals surface area contributed by atoms with Gasteiger partial charge in [-0.15, -0.1) is 0 Å². The van der Waals surface area contributed by atoms with Gasteiger partial charge in [-0.25, -0.2) is 0 Å². The number of carbonyl (C=O) groups is 4. The van der Waals surface area contributed by atoms with E-state index in [1.807, 2.05) is 0 Å². The summed E-state index contributed by atoms with van der Waals surface area (Å²) in [6.07, 6.45) is -0.347. The lowest BCUT2D eigenvalue weighted by Crippen LogP contribution is -2.12. The first kappa shape index (κ1) is 15.3. The Morgan fingerprint density at radius 2 is 1.06 bits per heavy atom. The van der Waals surface area contributed by atoms with E-state index < -0.39 is 11.9 Å². The number of carbonyl (C=O) groups excluding carboxylic acids is 4. The zero-order valence-corrected chi connectivity index (χ0v) is 9.99. The molecule has 0 amide bonds. The Bertz CT molecular complexity index is 277. The summed E-state index contributed by atoms with van der Waals surface area (Å²) in [5.74, 6) is -1.63. The molecule has 0 aromatic carbocycles. The second kappa shape index (κ2) is 8.43. The monoisotopic (exact) mass is 244 g/mol. The molecular weight excluding hydrogens is 228 g/mol. The molecule has 0 aromatic rings. The van der Waals surface area contributed by atoms with Gasteiger partial charge in [0.2, 0.25) is 0 Å². The van der Waals surface area contributed by atoms with Crippen molar-refractivity contribution in [3.63, 3.8) is 0 Å². The third-order valence-electron chi connectivity index (χ3n) is 2.07. The van der Waals surface area contributed by atoms with Crippen LogP contribution in [-0.4, -0.2) is 37.7 Å². The van der Waals surface area contributed by atoms with Crippen LogP contribution in [0.15, 0.2) is 0 Å². The van der Waals surface area contributed by atoms with E-state index >= 15 is 0 Å². The number of ketones is 2. The fraction of sp³-hybridized carbons (Fsp3) is 0.636. The molecule has 0 saturated carbocycles. The number of Topliss-reactive ketones (excluding diaryl/α,β-unsaturated/α-hetero) is 2. The lowest BCUT2D eigenvalue weighted by atomic mass is 10.1. The summed E-state index contributed by atoms with van der Waals surface area (Å²) in [7, 11) is 2.46. The average Bonchev–Trinajstić information content (AvgIpc) is 2.32. The molecule has 0 spiro atoms. The van der Waals surface area contributed by atoms with Crippen molar-refractivity contribution in [3.05, 3.63) is 0 Å². The Labute approximate surface area is 99.3 Å². The van der Waals surface area contributed by atoms with Crippen molar-refractivity contribution in [2.24, 2.45) is 0 Å². The van der Waals surface area contributed by atoms with E-state index in [4.69, 9.17) is 0 Å². The maximum Gasteiger partial charge on any atom is 0.305 e. The molecule has 6 heteroatoms. The molecule has 17 heavy (non-hydrogen) atoms. The van der Waals surface area contributed by atoms with E-state index in [-0.39, 0.29) is 43.7 Å². The van der Waals surface area contributed by atoms with Gasteiger partial charge < -0.3 is 9.47 Å². The average molecular weight is 244 g/mol. The molecule has 0 aromatic heterocycles. The van der Waals surface area contributed by atoms with Crippen molar-refractivity contribution in [3.8, 4) is 0 Å². The van der Waals surface area contributed by atoms with Gasteiger partial charge >= 0.3 is 11.9 Å². The largest absolute Gasteiger partial charge is 0.469 e. The van der Waals surface area contributed by atoms with Gasteiger partial charge in [0.15, 0.2) is 0 Å². The highest BCUT2D eigenvalue weighted by Crippen LogP contribution is 2.02. The fourth-order valence-electron chi connectivity index (χ4n) is 1.08. The molecule has 96 valence electrons. The molecular formula is C11H16O6. The summed E-state index contributed by atoms with van der Waals surface area (Å²) >= 11 is 0. The first-order valence-corrected chi connectivity index (χ1v) is 5.16. The molecule has 0 aliphatic rings. The van der Waals surface area contributed by atoms with E-state index in [9.17, 15) is 19.2 Å². The maximum atomic E-state index is 11.2. The predicted molar refractivity (Wildman–Crippen MR) is 57.1 cm³/mol. The van der Waals surface area contributed by atoms with Crippen LogP contribution in [0.3, 0.4) is 0 Å². The number of esters is 2. The van der Waals surface area contributed by atoms with Crippen molar-refractivity contribution in [1.82, 2.24) is 0 Å². The van der Waals surface area contributed by atoms with Crippen LogP contribution in [0.1, 0.15) is 32.1 Å². The summed E-state index contributed by atoms with van der Waals surface area (Å²) in [4.78, 5) is 44.0. The Morgan fingerprint density at radius 1 is 0.706 bits per heavy atom. The van der Waals surface area contributed by atoms with Crippen LogP contribution >= 0.6 is 0 Å². The van der Waals surface area contributed by atoms with Gasteiger partial charge in [0.25, 0.3) is 0 Å². The lowest BCUT2D eigenvalue weighted by Gasteiger charge is -2.00. The van der Waals surface area contributed by atoms with Crippen molar-refractivity contribution in [2.45, 2.75) is 32.1 Å². The normalized spacial score (nSPS) is 9.53. The minimum atomic E-state index is -0.486. The van der Waals surface area contributed by atoms with Gasteiger partial charge in [0.05, 0.1) is 33.5 Å². The highest BCUT2D eigenvalue weighted by molar-refractivity contribution is 6.00. The zero-order valence-electron chi connectivity index (χ0n) is 9.99. The van der Waals surface area contributed by atoms with Crippen LogP contribution in [0.4, 0.5) is 0 Å². The number of hydrogen-bond donors (Lipinski definition) is 0. The number of ether oxygens (including phenoxy) is 2. The third-order valence-corrected chi connectivity index (χ3v) is 2.07. The lowest BCUT2D eigenvalue weighted by molar-refractivity contribution is -0.142. The quantitative estimate of drug-likeness (QED) is 0.454. The Kier molecular flexibility index (Phi) is 7.58. The third kappa shape index (κ3) is 8.12. The second-order valence-corrected chi connectivity index (χ2v) is 3.41. The zero-order chi connectivity index (χ0) is 13.3. The van der Waals surface area contributed by atoms with E-state index in [1.165, 1.54) is 14.2 Å². The van der Waals surface area contributed by atoms with E-state index in [1.54, 1.807) is 0 Å². The van der Waals surface area contributed by atoms with Gasteiger partial charge in [-0.1, -0.05) is 0 Å². The molecule has 0 unspecified atom stereocenters. The predicted octanol–water partition coefficient (Wildman–Crippen LogP) is 0.421. The standard InChI is InChI=1S/C11H16O6/c1-16-10(14)5-3-8(12)7-9(13)4-6-11(15)17-2/h3-7H2,1-2H3. The molecule has 0 aliphatic carbocycles. The molecule has 0 bridgehead atoms. The van der Waals surface area contributed by atoms with Gasteiger partial charge in [0.1, 0.15) is 11.6 Å². The Morgan fingerprint density at radius 3 is 1.35 bits per heavy atom. The summed E-state index contributed by atoms with van der Waals surface area (Å²) in [5, 5.41) is 0. The Hall–Kier alpha value is -1.72. The van der Waals surface area contributed by atoms with Crippen molar-refractivity contribution >= 4 is 23.5 Å². The number of rotatable bonds is 8. The van der Waals surface area contributed by atoms with Crippen LogP contribution in [-0.2, 0) is 28.7 Å². The van der Waals surface area contributed by atoms with Gasteiger partial charge in [-0.05, 0) is 0 Å². The smallest absolute Gasteiger partial charge is 0.305 e. The van der Waals surface area contributed by atoms with Gasteiger partial charge in [-0.3, -0.25) is 19.2 Å². The Balaban J connectivity index is 3.77. The summed E-state index contributed by atoms with van der Waals surface area (Å²) in [6.45, 7) is 0. The van der Waals surface area contributed by atoms with E-state index in [0.29, 0.717) is 0 Å². The van der Waals surface area contributed by atoms with Crippen LogP contribution in [0.5, 0.6) is 0 Å². The van der Waals surface area contributed by atoms with Crippen LogP contribution in [0.25, 0.3) is 0 Å². The summed E-state index contributed by atoms with van der Waals surface area (Å²) < 4.78 is 8.72. The molecule has 0 radical (unpaired) electrons. The first-order valence-electron chi connectivity index (χ1n) is 5.16. The van der Waals surface area contributed by atoms with E-state index in [2.05, 4.69) is 9.47 Å². The molecule has 0 rings (SSSR count).